The molecule has 0 saturated heterocycles. The molecule has 1 aliphatic rings. The quantitative estimate of drug-likeness (QED) is 0.361. The second-order valence-electron chi connectivity index (χ2n) is 9.92. The number of furan rings is 1. The third-order valence-corrected chi connectivity index (χ3v) is 6.60. The lowest BCUT2D eigenvalue weighted by molar-refractivity contribution is -0.143. The lowest BCUT2D eigenvalue weighted by Crippen LogP contribution is -2.49. The number of carbonyl (C=O) groups is 2. The van der Waals surface area contributed by atoms with Gasteiger partial charge >= 0.3 is 0 Å². The van der Waals surface area contributed by atoms with Crippen molar-refractivity contribution in [2.45, 2.75) is 52.4 Å². The van der Waals surface area contributed by atoms with Crippen molar-refractivity contribution in [3.05, 3.63) is 64.0 Å². The van der Waals surface area contributed by atoms with Gasteiger partial charge in [-0.2, -0.15) is 4.80 Å². The number of carbonyl (C=O) groups excluding carboxylic acids is 2. The number of hydrogen-bond donors (Lipinski definition) is 1. The number of aromatic nitrogens is 4. The van der Waals surface area contributed by atoms with Crippen LogP contribution < -0.4 is 14.8 Å². The minimum Gasteiger partial charge on any atom is -0.458 e. The molecule has 0 aliphatic carbocycles. The fourth-order valence-corrected chi connectivity index (χ4v) is 4.88. The molecule has 0 spiro atoms. The van der Waals surface area contributed by atoms with Gasteiger partial charge in [0, 0.05) is 17.0 Å². The van der Waals surface area contributed by atoms with E-state index in [1.165, 1.54) is 21.0 Å². The predicted octanol–water partition coefficient (Wildman–Crippen LogP) is 3.72. The van der Waals surface area contributed by atoms with E-state index in [1.54, 1.807) is 18.2 Å². The Hall–Kier alpha value is -4.19. The van der Waals surface area contributed by atoms with Gasteiger partial charge < -0.3 is 24.1 Å². The molecule has 4 heterocycles. The van der Waals surface area contributed by atoms with E-state index in [9.17, 15) is 9.59 Å². The number of amides is 2. The number of aryl methyl sites for hydroxylation is 1. The van der Waals surface area contributed by atoms with Gasteiger partial charge in [0.2, 0.25) is 24.4 Å². The number of rotatable bonds is 8. The zero-order valence-corrected chi connectivity index (χ0v) is 22.3. The van der Waals surface area contributed by atoms with Crippen molar-refractivity contribution < 1.29 is 23.5 Å². The van der Waals surface area contributed by atoms with E-state index in [0.29, 0.717) is 23.0 Å². The van der Waals surface area contributed by atoms with Crippen LogP contribution in [-0.2, 0) is 22.7 Å². The first-order valence-corrected chi connectivity index (χ1v) is 12.9. The topological polar surface area (TPSA) is 125 Å². The summed E-state index contributed by atoms with van der Waals surface area (Å²) in [5.74, 6) is 2.04. The van der Waals surface area contributed by atoms with E-state index in [-0.39, 0.29) is 37.5 Å². The van der Waals surface area contributed by atoms with Crippen molar-refractivity contribution in [1.29, 1.82) is 0 Å². The van der Waals surface area contributed by atoms with E-state index in [0.717, 1.165) is 10.4 Å². The Morgan fingerprint density at radius 1 is 1.16 bits per heavy atom. The second kappa shape index (κ2) is 10.3. The van der Waals surface area contributed by atoms with Crippen LogP contribution in [0.3, 0.4) is 0 Å². The van der Waals surface area contributed by atoms with Crippen molar-refractivity contribution in [2.24, 2.45) is 0 Å². The average Bonchev–Trinajstić information content (AvgIpc) is 3.65. The van der Waals surface area contributed by atoms with E-state index < -0.39 is 11.6 Å². The molecule has 3 aromatic heterocycles. The van der Waals surface area contributed by atoms with Gasteiger partial charge in [-0.15, -0.1) is 21.5 Å². The van der Waals surface area contributed by atoms with Crippen LogP contribution in [0.5, 0.6) is 11.5 Å². The predicted molar refractivity (Wildman–Crippen MR) is 138 cm³/mol. The van der Waals surface area contributed by atoms with Crippen molar-refractivity contribution in [1.82, 2.24) is 30.4 Å². The largest absolute Gasteiger partial charge is 0.458 e. The molecule has 198 valence electrons. The molecule has 11 nitrogen and oxygen atoms in total. The lowest BCUT2D eigenvalue weighted by Gasteiger charge is -2.33. The summed E-state index contributed by atoms with van der Waals surface area (Å²) in [6.07, 6.45) is 0. The maximum absolute atomic E-state index is 13.8. The summed E-state index contributed by atoms with van der Waals surface area (Å²) in [5, 5.41) is 17.3. The van der Waals surface area contributed by atoms with Crippen LogP contribution in [-0.4, -0.2) is 49.3 Å². The third kappa shape index (κ3) is 5.70. The third-order valence-electron chi connectivity index (χ3n) is 5.67. The normalized spacial score (nSPS) is 13.4. The van der Waals surface area contributed by atoms with Crippen LogP contribution in [0.1, 0.15) is 43.0 Å². The molecule has 0 bridgehead atoms. The van der Waals surface area contributed by atoms with E-state index >= 15 is 0 Å². The molecule has 1 N–H and O–H groups in total. The molecule has 1 unspecified atom stereocenters. The molecule has 1 aliphatic heterocycles. The number of thiophene rings is 1. The highest BCUT2D eigenvalue weighted by Gasteiger charge is 2.34. The molecule has 0 saturated carbocycles. The molecule has 38 heavy (non-hydrogen) atoms. The van der Waals surface area contributed by atoms with E-state index in [1.807, 2.05) is 57.3 Å². The molecular weight excluding hydrogens is 508 g/mol. The standard InChI is InChI=1S/C26H28N6O5S/c1-16-7-9-19(37-16)24-28-30-32(29-24)14-22(33)31(13-17-8-10-18-20(12-17)36-15-35-18)23(21-6-5-11-38-21)25(34)27-26(2,3)4/h5-12,23H,13-15H2,1-4H3,(H,27,34). The number of tetrazole rings is 1. The summed E-state index contributed by atoms with van der Waals surface area (Å²) in [7, 11) is 0. The van der Waals surface area contributed by atoms with Gasteiger partial charge in [0.05, 0.1) is 0 Å². The average molecular weight is 537 g/mol. The van der Waals surface area contributed by atoms with Crippen molar-refractivity contribution in [2.75, 3.05) is 6.79 Å². The van der Waals surface area contributed by atoms with Crippen LogP contribution in [0.25, 0.3) is 11.6 Å². The molecule has 5 rings (SSSR count). The summed E-state index contributed by atoms with van der Waals surface area (Å²) in [5.41, 5.74) is 0.287. The lowest BCUT2D eigenvalue weighted by atomic mass is 10.1. The van der Waals surface area contributed by atoms with Gasteiger partial charge in [-0.25, -0.2) is 0 Å². The van der Waals surface area contributed by atoms with Crippen molar-refractivity contribution in [3.63, 3.8) is 0 Å². The molecule has 0 fully saturated rings. The second-order valence-corrected chi connectivity index (χ2v) is 10.9. The van der Waals surface area contributed by atoms with Gasteiger partial charge in [-0.05, 0) is 74.2 Å². The first kappa shape index (κ1) is 25.5. The summed E-state index contributed by atoms with van der Waals surface area (Å²) in [6, 6.07) is 11.9. The number of nitrogens with one attached hydrogen (secondary N) is 1. The van der Waals surface area contributed by atoms with E-state index in [2.05, 4.69) is 20.7 Å². The van der Waals surface area contributed by atoms with Crippen LogP contribution in [0.2, 0.25) is 0 Å². The summed E-state index contributed by atoms with van der Waals surface area (Å²) in [4.78, 5) is 30.9. The Balaban J connectivity index is 1.47. The zero-order chi connectivity index (χ0) is 26.9. The highest BCUT2D eigenvalue weighted by atomic mass is 32.1. The zero-order valence-electron chi connectivity index (χ0n) is 21.5. The maximum Gasteiger partial charge on any atom is 0.248 e. The highest BCUT2D eigenvalue weighted by molar-refractivity contribution is 7.10. The molecule has 12 heteroatoms. The maximum atomic E-state index is 13.8. The van der Waals surface area contributed by atoms with Crippen molar-refractivity contribution in [3.8, 4) is 23.1 Å². The minimum atomic E-state index is -0.872. The SMILES string of the molecule is Cc1ccc(-c2nnn(CC(=O)N(Cc3ccc4c(c3)OCO4)C(C(=O)NC(C)(C)C)c3cccs3)n2)o1. The van der Waals surface area contributed by atoms with Gasteiger partial charge in [-0.1, -0.05) is 12.1 Å². The molecular formula is C26H28N6O5S. The summed E-state index contributed by atoms with van der Waals surface area (Å²) >= 11 is 1.41. The molecule has 4 aromatic rings. The fraction of sp³-hybridized carbons (Fsp3) is 0.346. The molecule has 2 amide bonds. The van der Waals surface area contributed by atoms with Crippen LogP contribution >= 0.6 is 11.3 Å². The number of benzene rings is 1. The van der Waals surface area contributed by atoms with Crippen LogP contribution in [0, 0.1) is 6.92 Å². The summed E-state index contributed by atoms with van der Waals surface area (Å²) < 4.78 is 16.5. The highest BCUT2D eigenvalue weighted by Crippen LogP contribution is 2.34. The van der Waals surface area contributed by atoms with E-state index in [4.69, 9.17) is 13.9 Å². The van der Waals surface area contributed by atoms with Gasteiger partial charge in [0.1, 0.15) is 18.3 Å². The van der Waals surface area contributed by atoms with Gasteiger partial charge in [-0.3, -0.25) is 9.59 Å². The van der Waals surface area contributed by atoms with Crippen LogP contribution in [0.4, 0.5) is 0 Å². The summed E-state index contributed by atoms with van der Waals surface area (Å²) in [6.45, 7) is 7.59. The van der Waals surface area contributed by atoms with Gasteiger partial charge in [0.25, 0.3) is 0 Å². The Morgan fingerprint density at radius 2 is 1.97 bits per heavy atom. The Labute approximate surface area is 223 Å². The monoisotopic (exact) mass is 536 g/mol. The smallest absolute Gasteiger partial charge is 0.248 e. The number of nitrogens with zero attached hydrogens (tertiary/aromatic N) is 5. The van der Waals surface area contributed by atoms with Gasteiger partial charge in [0.15, 0.2) is 17.3 Å². The number of hydrogen-bond acceptors (Lipinski definition) is 9. The Bertz CT molecular complexity index is 1440. The fourth-order valence-electron chi connectivity index (χ4n) is 4.04. The molecule has 0 radical (unpaired) electrons. The minimum absolute atomic E-state index is 0.142. The number of ether oxygens (including phenoxy) is 2. The Morgan fingerprint density at radius 3 is 2.68 bits per heavy atom. The molecule has 1 atom stereocenters. The van der Waals surface area contributed by atoms with Crippen LogP contribution in [0.15, 0.2) is 52.3 Å². The van der Waals surface area contributed by atoms with Crippen molar-refractivity contribution >= 4 is 23.2 Å². The molecule has 1 aromatic carbocycles. The first-order chi connectivity index (χ1) is 18.2. The number of fused-ring (bicyclic) bond motifs is 1. The Kier molecular flexibility index (Phi) is 6.89. The first-order valence-electron chi connectivity index (χ1n) is 12.0.